The van der Waals surface area contributed by atoms with Crippen LogP contribution in [0.4, 0.5) is 0 Å². The van der Waals surface area contributed by atoms with Crippen molar-refractivity contribution in [1.82, 2.24) is 47.7 Å². The molecule has 0 unspecified atom stereocenters. The maximum atomic E-state index is 13.6. The van der Waals surface area contributed by atoms with Gasteiger partial charge >= 0.3 is 41.5 Å². The van der Waals surface area contributed by atoms with E-state index in [1.54, 1.807) is 82.7 Å². The van der Waals surface area contributed by atoms with Crippen LogP contribution in [0, 0.1) is 0 Å². The van der Waals surface area contributed by atoms with E-state index in [2.05, 4.69) is 89.6 Å². The van der Waals surface area contributed by atoms with Gasteiger partial charge in [-0.15, -0.1) is 0 Å². The van der Waals surface area contributed by atoms with Crippen LogP contribution in [0.1, 0.15) is 137 Å². The van der Waals surface area contributed by atoms with Crippen LogP contribution in [-0.4, -0.2) is 122 Å². The first kappa shape index (κ1) is 71.0. The summed E-state index contributed by atoms with van der Waals surface area (Å²) in [5.41, 5.74) is 6.67. The molecule has 8 aromatic rings. The molecule has 0 spiro atoms. The molecule has 10 rings (SSSR count). The summed E-state index contributed by atoms with van der Waals surface area (Å²) in [7, 11) is 0.469. The average molecular weight is 1240 g/mol. The van der Waals surface area contributed by atoms with E-state index in [1.165, 1.54) is 45.8 Å². The van der Waals surface area contributed by atoms with Gasteiger partial charge in [-0.1, -0.05) is 57.2 Å². The second-order valence-corrected chi connectivity index (χ2v) is 25.3. The number of benzene rings is 2. The normalized spacial score (nSPS) is 16.6. The zero-order chi connectivity index (χ0) is 62.9. The Kier molecular flexibility index (Phi) is 26.9. The average Bonchev–Trinajstić information content (AvgIpc) is 1.69. The number of nitrogens with one attached hydrogen (secondary N) is 1. The molecule has 0 amide bonds. The van der Waals surface area contributed by atoms with Crippen LogP contribution in [0.5, 0.6) is 0 Å². The Morgan fingerprint density at radius 1 is 0.644 bits per heavy atom. The minimum absolute atomic E-state index is 0. The molecule has 21 nitrogen and oxygen atoms in total. The van der Waals surface area contributed by atoms with Gasteiger partial charge in [0, 0.05) is 129 Å². The molecular formula is C62H79BN10NaO11S2. The number of pyridine rings is 2. The molecule has 6 aromatic heterocycles. The van der Waals surface area contributed by atoms with E-state index in [1.807, 2.05) is 51.0 Å². The summed E-state index contributed by atoms with van der Waals surface area (Å²) < 4.78 is 63.8. The maximum absolute atomic E-state index is 13.6. The van der Waals surface area contributed by atoms with Crippen molar-refractivity contribution in [3.63, 3.8) is 0 Å². The van der Waals surface area contributed by atoms with Gasteiger partial charge in [0.25, 0.3) is 20.0 Å². The second-order valence-electron chi connectivity index (χ2n) is 21.7. The maximum Gasteiger partial charge on any atom is 1.00 e. The first-order valence-corrected chi connectivity index (χ1v) is 31.6. The van der Waals surface area contributed by atoms with Crippen molar-refractivity contribution in [2.75, 3.05) is 6.54 Å². The molecule has 25 heteroatoms. The van der Waals surface area contributed by atoms with Crippen LogP contribution in [0.25, 0.3) is 44.3 Å². The van der Waals surface area contributed by atoms with Crippen molar-refractivity contribution in [2.24, 2.45) is 14.1 Å². The van der Waals surface area contributed by atoms with E-state index < -0.39 is 38.0 Å². The van der Waals surface area contributed by atoms with E-state index in [0.29, 0.717) is 47.3 Å². The Bertz CT molecular complexity index is 3750. The summed E-state index contributed by atoms with van der Waals surface area (Å²) in [6, 6.07) is 23.6. The molecule has 3 radical (unpaired) electrons. The number of carbonyl (C=O) groups excluding carboxylic acids is 4. The number of aldehydes is 1. The molecule has 0 atom stereocenters. The van der Waals surface area contributed by atoms with Crippen molar-refractivity contribution in [2.45, 2.75) is 159 Å². The van der Waals surface area contributed by atoms with Crippen molar-refractivity contribution < 1.29 is 80.0 Å². The monoisotopic (exact) mass is 1240 g/mol. The van der Waals surface area contributed by atoms with Crippen LogP contribution in [0.3, 0.4) is 0 Å². The van der Waals surface area contributed by atoms with E-state index in [9.17, 15) is 31.2 Å². The molecule has 6 heterocycles. The van der Waals surface area contributed by atoms with Crippen LogP contribution >= 0.6 is 0 Å². The predicted octanol–water partition coefficient (Wildman–Crippen LogP) is 7.00. The van der Waals surface area contributed by atoms with Crippen LogP contribution in [0.2, 0.25) is 0 Å². The third-order valence-corrected chi connectivity index (χ3v) is 18.1. The minimum Gasteiger partial charge on any atom is -0.793 e. The van der Waals surface area contributed by atoms with Gasteiger partial charge in [0.15, 0.2) is 11.3 Å². The molecule has 2 aliphatic rings. The standard InChI is InChI=1S/C28H35N5O2S.C26H31N5O2S.C4H6O4.C2H3BO2.C2H4O.Na/c1-5-32(20(2)3)24-13-11-21(12-14-24)22-15-26-27(23-17-30-31(4)18-23)19-33(28(26)29-16-22)36(34,35)25-9-7-6-8-10-25;1-18(2)29-22-11-9-19(10-12-22)20-13-24-25(21-15-28-30(3)16-21)17-31(26(24)27-14-20)34(32,33)23-7-5-4-6-8-23;1-3(5)7-8-4(2)6;1-2(4)5-3;1-2-3;/h6-10,15-21,24H,5,11-14H2,1-4H3;4-8,13-19,22,29H,9-12H2,1-3H3;1-2H3;1H3;2H,1H3;/q;;;-1;;+1. The molecule has 0 aliphatic heterocycles. The fourth-order valence-corrected chi connectivity index (χ4v) is 13.7. The Morgan fingerprint density at radius 2 is 1.02 bits per heavy atom. The van der Waals surface area contributed by atoms with Crippen molar-refractivity contribution in [3.05, 3.63) is 133 Å². The fraction of sp³-hybridized carbons (Fsp3) is 0.419. The summed E-state index contributed by atoms with van der Waals surface area (Å²) in [5.74, 6) is -0.886. The molecule has 2 aromatic carbocycles. The largest absolute Gasteiger partial charge is 1.00 e. The van der Waals surface area contributed by atoms with E-state index >= 15 is 0 Å². The zero-order valence-corrected chi connectivity index (χ0v) is 55.5. The van der Waals surface area contributed by atoms with Crippen molar-refractivity contribution in [1.29, 1.82) is 0 Å². The fourth-order valence-electron chi connectivity index (χ4n) is 11.0. The molecule has 87 heavy (non-hydrogen) atoms. The summed E-state index contributed by atoms with van der Waals surface area (Å²) in [4.78, 5) is 58.1. The number of fused-ring (bicyclic) bond motifs is 2. The smallest absolute Gasteiger partial charge is 0.793 e. The quantitative estimate of drug-likeness (QED) is 0.0528. The number of aryl methyl sites for hydroxylation is 2. The number of aromatic nitrogens is 8. The van der Waals surface area contributed by atoms with E-state index in [0.717, 1.165) is 98.2 Å². The molecule has 2 saturated carbocycles. The molecule has 2 fully saturated rings. The Labute approximate surface area is 534 Å². The number of hydrogen-bond donors (Lipinski definition) is 1. The van der Waals surface area contributed by atoms with Crippen molar-refractivity contribution in [3.8, 4) is 22.3 Å². The first-order valence-electron chi connectivity index (χ1n) is 28.7. The third kappa shape index (κ3) is 18.9. The summed E-state index contributed by atoms with van der Waals surface area (Å²) in [5, 5.41) is 14.0. The Balaban J connectivity index is 0.000000252. The molecule has 2 aliphatic carbocycles. The number of rotatable bonds is 13. The Morgan fingerprint density at radius 3 is 1.33 bits per heavy atom. The predicted molar refractivity (Wildman–Crippen MR) is 330 cm³/mol. The van der Waals surface area contributed by atoms with Gasteiger partial charge in [0.2, 0.25) is 5.97 Å². The van der Waals surface area contributed by atoms with Crippen LogP contribution in [0.15, 0.2) is 132 Å². The van der Waals surface area contributed by atoms with E-state index in [-0.39, 0.29) is 39.3 Å². The first-order chi connectivity index (χ1) is 40.9. The Hall–Kier alpha value is -6.80. The van der Waals surface area contributed by atoms with Crippen molar-refractivity contribution >= 4 is 74.4 Å². The molecule has 0 bridgehead atoms. The van der Waals surface area contributed by atoms with Crippen LogP contribution in [-0.2, 0) is 67.7 Å². The zero-order valence-electron chi connectivity index (χ0n) is 51.9. The van der Waals surface area contributed by atoms with Crippen LogP contribution < -0.4 is 34.9 Å². The number of nitrogens with zero attached hydrogens (tertiary/aromatic N) is 9. The van der Waals surface area contributed by atoms with Gasteiger partial charge in [-0.25, -0.2) is 54.1 Å². The topological polar surface area (TPSA) is 251 Å². The molecule has 459 valence electrons. The number of carbonyl (C=O) groups is 4. The van der Waals surface area contributed by atoms with E-state index in [4.69, 9.17) is 14.8 Å². The van der Waals surface area contributed by atoms with Gasteiger partial charge in [0.05, 0.1) is 22.2 Å². The molecular weight excluding hydrogens is 1160 g/mol. The van der Waals surface area contributed by atoms with Gasteiger partial charge in [-0.2, -0.15) is 10.2 Å². The summed E-state index contributed by atoms with van der Waals surface area (Å²) >= 11 is 0. The number of hydrogen-bond acceptors (Lipinski definition) is 17. The second kappa shape index (κ2) is 33.0. The summed E-state index contributed by atoms with van der Waals surface area (Å²) in [6.07, 6.45) is 24.3. The third-order valence-electron chi connectivity index (χ3n) is 14.8. The molecule has 0 saturated heterocycles. The molecule has 1 N–H and O–H groups in total. The minimum atomic E-state index is -3.79. The van der Waals surface area contributed by atoms with Gasteiger partial charge in [0.1, 0.15) is 6.29 Å². The summed E-state index contributed by atoms with van der Waals surface area (Å²) in [6.45, 7) is 17.2. The SMILES string of the molecule is CC(=O)OOC(C)=O.CC(C)NC1CCC(c2cnc3c(c2)c(-c2cnn(C)c2)cn3S(=O)(=O)c2ccccc2)CC1.CC=O.CCN(C(C)C)C1CCC(c2cnc3c(c2)c(-c2cnn(C)c2)cn3S(=O)(=O)c2ccccc2)CC1.[B-]OC(C)=O.[Na+]. The van der Waals surface area contributed by atoms with Gasteiger partial charge in [-0.3, -0.25) is 19.1 Å². The van der Waals surface area contributed by atoms with Gasteiger partial charge < -0.3 is 22.8 Å². The van der Waals surface area contributed by atoms with Gasteiger partial charge in [-0.05, 0) is 138 Å².